The van der Waals surface area contributed by atoms with Gasteiger partial charge in [0.1, 0.15) is 5.75 Å². The highest BCUT2D eigenvalue weighted by Crippen LogP contribution is 2.18. The standard InChI is InChI=1S/C18H21NO4S/c1-14(2)24(21,22)17-10-8-15(9-11-17)19-18(20)12-13-23-16-6-4-3-5-7-16/h3-11,14H,12-13H2,1-2H3,(H,19,20). The van der Waals surface area contributed by atoms with Crippen LogP contribution in [0.4, 0.5) is 5.69 Å². The van der Waals surface area contributed by atoms with Gasteiger partial charge in [0, 0.05) is 5.69 Å². The van der Waals surface area contributed by atoms with Gasteiger partial charge in [0.05, 0.1) is 23.2 Å². The minimum Gasteiger partial charge on any atom is -0.493 e. The van der Waals surface area contributed by atoms with Crippen LogP contribution in [0.15, 0.2) is 59.5 Å². The summed E-state index contributed by atoms with van der Waals surface area (Å²) in [6.45, 7) is 3.55. The van der Waals surface area contributed by atoms with E-state index in [9.17, 15) is 13.2 Å². The molecule has 128 valence electrons. The summed E-state index contributed by atoms with van der Waals surface area (Å²) in [6, 6.07) is 15.5. The summed E-state index contributed by atoms with van der Waals surface area (Å²) in [5.41, 5.74) is 0.558. The van der Waals surface area contributed by atoms with E-state index < -0.39 is 15.1 Å². The lowest BCUT2D eigenvalue weighted by atomic mass is 10.3. The lowest BCUT2D eigenvalue weighted by molar-refractivity contribution is -0.116. The van der Waals surface area contributed by atoms with Crippen LogP contribution in [0.2, 0.25) is 0 Å². The fraction of sp³-hybridized carbons (Fsp3) is 0.278. The molecular weight excluding hydrogens is 326 g/mol. The average Bonchev–Trinajstić information content (AvgIpc) is 2.56. The van der Waals surface area contributed by atoms with Crippen molar-refractivity contribution >= 4 is 21.4 Å². The van der Waals surface area contributed by atoms with E-state index >= 15 is 0 Å². The zero-order chi connectivity index (χ0) is 17.6. The van der Waals surface area contributed by atoms with Crippen molar-refractivity contribution < 1.29 is 17.9 Å². The molecule has 1 N–H and O–H groups in total. The van der Waals surface area contributed by atoms with Gasteiger partial charge in [-0.1, -0.05) is 18.2 Å². The molecule has 2 aromatic carbocycles. The minimum atomic E-state index is -3.30. The zero-order valence-corrected chi connectivity index (χ0v) is 14.5. The predicted molar refractivity (Wildman–Crippen MR) is 93.9 cm³/mol. The lowest BCUT2D eigenvalue weighted by Crippen LogP contribution is -2.16. The lowest BCUT2D eigenvalue weighted by Gasteiger charge is -2.10. The molecule has 0 aliphatic carbocycles. The van der Waals surface area contributed by atoms with Gasteiger partial charge in [0.25, 0.3) is 0 Å². The summed E-state index contributed by atoms with van der Waals surface area (Å²) >= 11 is 0. The van der Waals surface area contributed by atoms with Crippen LogP contribution in [0.3, 0.4) is 0 Å². The summed E-state index contributed by atoms with van der Waals surface area (Å²) in [7, 11) is -3.30. The largest absolute Gasteiger partial charge is 0.493 e. The molecule has 0 atom stereocenters. The Labute approximate surface area is 142 Å². The van der Waals surface area contributed by atoms with Crippen LogP contribution in [0.25, 0.3) is 0 Å². The Morgan fingerprint density at radius 2 is 1.67 bits per heavy atom. The highest BCUT2D eigenvalue weighted by atomic mass is 32.2. The van der Waals surface area contributed by atoms with Gasteiger partial charge in [-0.05, 0) is 50.2 Å². The molecule has 6 heteroatoms. The number of sulfone groups is 1. The van der Waals surface area contributed by atoms with Crippen LogP contribution in [-0.4, -0.2) is 26.2 Å². The van der Waals surface area contributed by atoms with E-state index in [4.69, 9.17) is 4.74 Å². The number of benzene rings is 2. The summed E-state index contributed by atoms with van der Waals surface area (Å²) in [5, 5.41) is 2.24. The van der Waals surface area contributed by atoms with Crippen molar-refractivity contribution in [2.24, 2.45) is 0 Å². The Morgan fingerprint density at radius 1 is 1.04 bits per heavy atom. The number of ether oxygens (including phenoxy) is 1. The molecule has 0 aliphatic rings. The molecule has 0 spiro atoms. The number of hydrogen-bond donors (Lipinski definition) is 1. The molecule has 1 amide bonds. The first-order valence-electron chi connectivity index (χ1n) is 7.71. The van der Waals surface area contributed by atoms with Gasteiger partial charge in [0.2, 0.25) is 5.91 Å². The number of amides is 1. The number of carbonyl (C=O) groups excluding carboxylic acids is 1. The van der Waals surface area contributed by atoms with E-state index in [0.29, 0.717) is 11.4 Å². The molecule has 0 saturated heterocycles. The molecule has 0 saturated carbocycles. The topological polar surface area (TPSA) is 72.5 Å². The first kappa shape index (κ1) is 18.0. The summed E-state index contributed by atoms with van der Waals surface area (Å²) < 4.78 is 29.5. The highest BCUT2D eigenvalue weighted by Gasteiger charge is 2.18. The van der Waals surface area contributed by atoms with E-state index in [1.165, 1.54) is 12.1 Å². The molecule has 0 radical (unpaired) electrons. The summed E-state index contributed by atoms with van der Waals surface area (Å²) in [5.74, 6) is 0.527. The van der Waals surface area contributed by atoms with Crippen LogP contribution in [-0.2, 0) is 14.6 Å². The summed E-state index contributed by atoms with van der Waals surface area (Å²) in [6.07, 6.45) is 0.209. The fourth-order valence-electron chi connectivity index (χ4n) is 2.00. The molecule has 0 aliphatic heterocycles. The van der Waals surface area contributed by atoms with E-state index in [2.05, 4.69) is 5.32 Å². The highest BCUT2D eigenvalue weighted by molar-refractivity contribution is 7.92. The first-order valence-corrected chi connectivity index (χ1v) is 9.26. The second-order valence-corrected chi connectivity index (χ2v) is 8.08. The van der Waals surface area contributed by atoms with E-state index in [-0.39, 0.29) is 23.8 Å². The number of nitrogens with one attached hydrogen (secondary N) is 1. The number of hydrogen-bond acceptors (Lipinski definition) is 4. The van der Waals surface area contributed by atoms with Crippen LogP contribution < -0.4 is 10.1 Å². The first-order chi connectivity index (χ1) is 11.4. The van der Waals surface area contributed by atoms with Gasteiger partial charge in [-0.3, -0.25) is 4.79 Å². The summed E-state index contributed by atoms with van der Waals surface area (Å²) in [4.78, 5) is 12.1. The molecule has 0 aromatic heterocycles. The molecule has 0 fully saturated rings. The maximum Gasteiger partial charge on any atom is 0.227 e. The Hall–Kier alpha value is -2.34. The minimum absolute atomic E-state index is 0.189. The predicted octanol–water partition coefficient (Wildman–Crippen LogP) is 3.28. The second-order valence-electron chi connectivity index (χ2n) is 5.58. The van der Waals surface area contributed by atoms with Gasteiger partial charge in [-0.2, -0.15) is 0 Å². The Bertz CT molecular complexity index is 768. The van der Waals surface area contributed by atoms with Crippen LogP contribution >= 0.6 is 0 Å². The zero-order valence-electron chi connectivity index (χ0n) is 13.7. The molecule has 24 heavy (non-hydrogen) atoms. The van der Waals surface area contributed by atoms with Crippen molar-refractivity contribution in [1.82, 2.24) is 0 Å². The third-order valence-electron chi connectivity index (χ3n) is 3.43. The third-order valence-corrected chi connectivity index (χ3v) is 5.60. The Kier molecular flexibility index (Phi) is 5.98. The molecule has 0 bridgehead atoms. The maximum atomic E-state index is 12.0. The molecule has 2 rings (SSSR count). The smallest absolute Gasteiger partial charge is 0.227 e. The van der Waals surface area contributed by atoms with Gasteiger partial charge in [0.15, 0.2) is 9.84 Å². The van der Waals surface area contributed by atoms with E-state index in [1.54, 1.807) is 26.0 Å². The molecule has 5 nitrogen and oxygen atoms in total. The average molecular weight is 347 g/mol. The van der Waals surface area contributed by atoms with Gasteiger partial charge in [-0.25, -0.2) is 8.42 Å². The van der Waals surface area contributed by atoms with Crippen molar-refractivity contribution in [3.8, 4) is 5.75 Å². The third kappa shape index (κ3) is 4.83. The molecule has 0 unspecified atom stereocenters. The number of para-hydroxylation sites is 1. The van der Waals surface area contributed by atoms with Crippen LogP contribution in [0.1, 0.15) is 20.3 Å². The van der Waals surface area contributed by atoms with Gasteiger partial charge >= 0.3 is 0 Å². The molecule has 2 aromatic rings. The Morgan fingerprint density at radius 3 is 2.25 bits per heavy atom. The van der Waals surface area contributed by atoms with Crippen molar-refractivity contribution in [2.75, 3.05) is 11.9 Å². The monoisotopic (exact) mass is 347 g/mol. The van der Waals surface area contributed by atoms with E-state index in [1.807, 2.05) is 30.3 Å². The van der Waals surface area contributed by atoms with Crippen LogP contribution in [0.5, 0.6) is 5.75 Å². The fourth-order valence-corrected chi connectivity index (χ4v) is 3.06. The molecular formula is C18H21NO4S. The van der Waals surface area contributed by atoms with Crippen molar-refractivity contribution in [3.05, 3.63) is 54.6 Å². The van der Waals surface area contributed by atoms with Crippen molar-refractivity contribution in [2.45, 2.75) is 30.4 Å². The number of rotatable bonds is 7. The van der Waals surface area contributed by atoms with Crippen molar-refractivity contribution in [1.29, 1.82) is 0 Å². The SMILES string of the molecule is CC(C)S(=O)(=O)c1ccc(NC(=O)CCOc2ccccc2)cc1. The number of carbonyl (C=O) groups is 1. The second kappa shape index (κ2) is 7.97. The van der Waals surface area contributed by atoms with Gasteiger partial charge < -0.3 is 10.1 Å². The number of anilines is 1. The van der Waals surface area contributed by atoms with Crippen molar-refractivity contribution in [3.63, 3.8) is 0 Å². The normalized spacial score (nSPS) is 11.3. The Balaban J connectivity index is 1.86. The quantitative estimate of drug-likeness (QED) is 0.834. The van der Waals surface area contributed by atoms with Crippen LogP contribution in [0, 0.1) is 0 Å². The maximum absolute atomic E-state index is 12.0. The van der Waals surface area contributed by atoms with Gasteiger partial charge in [-0.15, -0.1) is 0 Å². The molecule has 0 heterocycles. The van der Waals surface area contributed by atoms with E-state index in [0.717, 1.165) is 0 Å².